The number of ether oxygens (including phenoxy) is 4. The van der Waals surface area contributed by atoms with Crippen LogP contribution in [0.1, 0.15) is 18.4 Å². The summed E-state index contributed by atoms with van der Waals surface area (Å²) in [6, 6.07) is 9.46. The van der Waals surface area contributed by atoms with Gasteiger partial charge in [-0.05, 0) is 17.9 Å². The van der Waals surface area contributed by atoms with Crippen molar-refractivity contribution in [1.29, 1.82) is 0 Å². The Morgan fingerprint density at radius 3 is 2.36 bits per heavy atom. The van der Waals surface area contributed by atoms with Crippen LogP contribution in [0.5, 0.6) is 0 Å². The zero-order chi connectivity index (χ0) is 26.5. The van der Waals surface area contributed by atoms with E-state index in [4.69, 9.17) is 23.1 Å². The maximum absolute atomic E-state index is 14.4. The number of piperidine rings is 1. The number of carbonyl (C=O) groups is 2. The lowest BCUT2D eigenvalue weighted by molar-refractivity contribution is -0.162. The molecular formula is C24H36N2O9S. The Balaban J connectivity index is 2.15. The second kappa shape index (κ2) is 11.9. The van der Waals surface area contributed by atoms with E-state index in [1.807, 2.05) is 30.3 Å². The highest BCUT2D eigenvalue weighted by Crippen LogP contribution is 2.50. The molecule has 4 atom stereocenters. The van der Waals surface area contributed by atoms with Crippen molar-refractivity contribution >= 4 is 22.1 Å². The molecule has 1 aromatic rings. The Hall–Kier alpha value is -2.25. The predicted molar refractivity (Wildman–Crippen MR) is 129 cm³/mol. The van der Waals surface area contributed by atoms with Crippen molar-refractivity contribution < 1.29 is 41.1 Å². The topological polar surface area (TPSA) is 121 Å². The summed E-state index contributed by atoms with van der Waals surface area (Å²) >= 11 is 0. The number of fused-ring (bicyclic) bond motifs is 1. The van der Waals surface area contributed by atoms with E-state index in [0.717, 1.165) is 11.8 Å². The third-order valence-corrected chi connectivity index (χ3v) is 7.65. The number of carbonyl (C=O) groups excluding carboxylic acids is 2. The molecule has 1 unspecified atom stereocenters. The Morgan fingerprint density at radius 2 is 1.81 bits per heavy atom. The zero-order valence-corrected chi connectivity index (χ0v) is 22.2. The first-order valence-electron chi connectivity index (χ1n) is 11.7. The molecule has 12 heteroatoms. The van der Waals surface area contributed by atoms with Crippen LogP contribution in [0.3, 0.4) is 0 Å². The maximum Gasteiger partial charge on any atom is 0.410 e. The van der Waals surface area contributed by atoms with Gasteiger partial charge in [-0.2, -0.15) is 8.42 Å². The fourth-order valence-electron chi connectivity index (χ4n) is 5.66. The molecule has 2 heterocycles. The molecule has 0 aromatic heterocycles. The van der Waals surface area contributed by atoms with Crippen LogP contribution in [-0.2, 0) is 44.6 Å². The van der Waals surface area contributed by atoms with E-state index in [-0.39, 0.29) is 19.1 Å². The summed E-state index contributed by atoms with van der Waals surface area (Å²) in [6.45, 7) is 0.630. The van der Waals surface area contributed by atoms with E-state index in [0.29, 0.717) is 25.9 Å². The first kappa shape index (κ1) is 28.3. The normalized spacial score (nSPS) is 25.2. The van der Waals surface area contributed by atoms with Crippen LogP contribution >= 0.6 is 0 Å². The molecule has 0 bridgehead atoms. The van der Waals surface area contributed by atoms with Gasteiger partial charge in [0.15, 0.2) is 11.8 Å². The highest BCUT2D eigenvalue weighted by molar-refractivity contribution is 7.86. The lowest BCUT2D eigenvalue weighted by atomic mass is 9.70. The number of hydrogen-bond donors (Lipinski definition) is 0. The van der Waals surface area contributed by atoms with Gasteiger partial charge >= 0.3 is 6.09 Å². The van der Waals surface area contributed by atoms with E-state index in [1.54, 1.807) is 4.90 Å². The highest BCUT2D eigenvalue weighted by atomic mass is 32.2. The van der Waals surface area contributed by atoms with Gasteiger partial charge in [-0.15, -0.1) is 0 Å². The Kier molecular flexibility index (Phi) is 9.33. The smallest absolute Gasteiger partial charge is 0.410 e. The lowest BCUT2D eigenvalue weighted by Gasteiger charge is -2.50. The largest absolute Gasteiger partial charge is 0.453 e. The number of benzene rings is 1. The third-order valence-electron chi connectivity index (χ3n) is 7.07. The second-order valence-corrected chi connectivity index (χ2v) is 10.8. The fraction of sp³-hybridized carbons (Fsp3) is 0.667. The molecule has 2 saturated heterocycles. The van der Waals surface area contributed by atoms with Crippen LogP contribution in [0.2, 0.25) is 0 Å². The lowest BCUT2D eigenvalue weighted by Crippen LogP contribution is -2.71. The maximum atomic E-state index is 14.4. The van der Waals surface area contributed by atoms with Gasteiger partial charge in [0.05, 0.1) is 20.0 Å². The summed E-state index contributed by atoms with van der Waals surface area (Å²) < 4.78 is 51.4. The summed E-state index contributed by atoms with van der Waals surface area (Å²) in [5.41, 5.74) is -0.764. The molecule has 1 aromatic carbocycles. The Labute approximate surface area is 212 Å². The van der Waals surface area contributed by atoms with E-state index in [9.17, 15) is 18.0 Å². The van der Waals surface area contributed by atoms with Crippen molar-refractivity contribution in [3.8, 4) is 0 Å². The quantitative estimate of drug-likeness (QED) is 0.310. The molecule has 11 nitrogen and oxygen atoms in total. The molecule has 0 saturated carbocycles. The molecule has 3 rings (SSSR count). The van der Waals surface area contributed by atoms with Crippen LogP contribution in [0.4, 0.5) is 4.79 Å². The van der Waals surface area contributed by atoms with E-state index in [2.05, 4.69) is 0 Å². The van der Waals surface area contributed by atoms with E-state index >= 15 is 0 Å². The summed E-state index contributed by atoms with van der Waals surface area (Å²) in [5, 5.41) is 0. The predicted octanol–water partition coefficient (Wildman–Crippen LogP) is 1.47. The van der Waals surface area contributed by atoms with Crippen molar-refractivity contribution in [2.24, 2.45) is 11.8 Å². The summed E-state index contributed by atoms with van der Waals surface area (Å²) in [7, 11) is 1.62. The Morgan fingerprint density at radius 1 is 1.14 bits per heavy atom. The minimum Gasteiger partial charge on any atom is -0.453 e. The van der Waals surface area contributed by atoms with Gasteiger partial charge in [-0.3, -0.25) is 13.9 Å². The monoisotopic (exact) mass is 528 g/mol. The van der Waals surface area contributed by atoms with Gasteiger partial charge in [0.2, 0.25) is 0 Å². The van der Waals surface area contributed by atoms with Crippen molar-refractivity contribution in [1.82, 2.24) is 9.80 Å². The minimum absolute atomic E-state index is 0.138. The third kappa shape index (κ3) is 5.67. The molecule has 36 heavy (non-hydrogen) atoms. The Bertz CT molecular complexity index is 1000. The molecule has 2 aliphatic rings. The van der Waals surface area contributed by atoms with Crippen molar-refractivity contribution in [3.63, 3.8) is 0 Å². The molecule has 0 aliphatic carbocycles. The summed E-state index contributed by atoms with van der Waals surface area (Å²) in [4.78, 5) is 30.5. The average Bonchev–Trinajstić information content (AvgIpc) is 3.19. The van der Waals surface area contributed by atoms with Crippen LogP contribution in [0.15, 0.2) is 30.3 Å². The van der Waals surface area contributed by atoms with Crippen LogP contribution in [-0.4, -0.2) is 103 Å². The number of likely N-dealkylation sites (tertiary alicyclic amines) is 2. The number of nitrogens with zero attached hydrogens (tertiary/aromatic N) is 2. The van der Waals surface area contributed by atoms with Gasteiger partial charge in [0.1, 0.15) is 6.10 Å². The zero-order valence-electron chi connectivity index (χ0n) is 21.4. The molecular weight excluding hydrogens is 492 g/mol. The van der Waals surface area contributed by atoms with Crippen LogP contribution in [0.25, 0.3) is 0 Å². The molecule has 2 aliphatic heterocycles. The molecule has 0 radical (unpaired) electrons. The SMILES string of the molecule is COC[C@H](OS(C)(=O)=O)[C@@]12C(=O)N(Cc3ccccc3)CC[C@@H]1C(CC(OC)OC)CN2C(=O)OC. The number of amides is 2. The van der Waals surface area contributed by atoms with E-state index < -0.39 is 46.0 Å². The van der Waals surface area contributed by atoms with Gasteiger partial charge < -0.3 is 23.8 Å². The molecule has 202 valence electrons. The van der Waals surface area contributed by atoms with Gasteiger partial charge in [0.25, 0.3) is 16.0 Å². The highest BCUT2D eigenvalue weighted by Gasteiger charge is 2.68. The number of rotatable bonds is 11. The summed E-state index contributed by atoms with van der Waals surface area (Å²) in [5.74, 6) is -1.11. The molecule has 2 amide bonds. The standard InChI is InChI=1S/C24H36N2O9S/c1-31-16-20(35-36(5,29)30)24-19(11-12-25(22(24)27)14-17-9-7-6-8-10-17)18(13-21(32-2)33-3)15-26(24)23(28)34-4/h6-10,18-21H,11-16H2,1-5H3/t18?,19-,20+,24-/m1/s1. The fourth-order valence-corrected chi connectivity index (χ4v) is 6.28. The van der Waals surface area contributed by atoms with Crippen molar-refractivity contribution in [2.75, 3.05) is 54.4 Å². The minimum atomic E-state index is -4.02. The first-order valence-corrected chi connectivity index (χ1v) is 13.6. The number of methoxy groups -OCH3 is 4. The van der Waals surface area contributed by atoms with Crippen molar-refractivity contribution in [2.45, 2.75) is 37.3 Å². The van der Waals surface area contributed by atoms with Crippen LogP contribution < -0.4 is 0 Å². The average molecular weight is 529 g/mol. The summed E-state index contributed by atoms with van der Waals surface area (Å²) in [6.07, 6.45) is -0.804. The van der Waals surface area contributed by atoms with Gasteiger partial charge in [-0.25, -0.2) is 4.79 Å². The van der Waals surface area contributed by atoms with Crippen LogP contribution in [0, 0.1) is 11.8 Å². The first-order chi connectivity index (χ1) is 17.1. The molecule has 0 spiro atoms. The second-order valence-electron chi connectivity index (χ2n) is 9.15. The molecule has 0 N–H and O–H groups in total. The van der Waals surface area contributed by atoms with Gasteiger partial charge in [-0.1, -0.05) is 30.3 Å². The van der Waals surface area contributed by atoms with Crippen molar-refractivity contribution in [3.05, 3.63) is 35.9 Å². The van der Waals surface area contributed by atoms with E-state index in [1.165, 1.54) is 33.3 Å². The van der Waals surface area contributed by atoms with Gasteiger partial charge in [0, 0.05) is 53.3 Å². The molecule has 2 fully saturated rings. The number of hydrogen-bond acceptors (Lipinski definition) is 9.